The molecule has 0 atom stereocenters. The first-order valence-corrected chi connectivity index (χ1v) is 7.17. The number of hydrogen-bond donors (Lipinski definition) is 1. The Kier molecular flexibility index (Phi) is 4.42. The Balaban J connectivity index is 2.26. The maximum Gasteiger partial charge on any atom is 0.283 e. The minimum absolute atomic E-state index is 0.0259. The Bertz CT molecular complexity index is 499. The zero-order chi connectivity index (χ0) is 13.8. The molecule has 5 nitrogen and oxygen atoms in total. The third-order valence-electron chi connectivity index (χ3n) is 3.24. The molecule has 0 radical (unpaired) electrons. The fraction of sp³-hybridized carbons (Fsp3) is 0.462. The summed E-state index contributed by atoms with van der Waals surface area (Å²) in [5.74, 6) is -0.305. The molecule has 2 rings (SSSR count). The van der Waals surface area contributed by atoms with E-state index in [4.69, 9.17) is 0 Å². The number of rotatable bonds is 4. The number of nitrogens with one attached hydrogen (secondary N) is 1. The first-order valence-electron chi connectivity index (χ1n) is 6.29. The van der Waals surface area contributed by atoms with E-state index >= 15 is 0 Å². The first kappa shape index (κ1) is 13.9. The quantitative estimate of drug-likeness (QED) is 0.679. The Morgan fingerprint density at radius 2 is 2.11 bits per heavy atom. The van der Waals surface area contributed by atoms with Crippen molar-refractivity contribution in [2.45, 2.75) is 35.8 Å². The first-order chi connectivity index (χ1) is 9.11. The zero-order valence-corrected chi connectivity index (χ0v) is 11.5. The molecule has 0 bridgehead atoms. The van der Waals surface area contributed by atoms with Crippen molar-refractivity contribution in [3.63, 3.8) is 0 Å². The summed E-state index contributed by atoms with van der Waals surface area (Å²) in [6.07, 6.45) is 4.61. The second-order valence-corrected chi connectivity index (χ2v) is 5.89. The number of thioether (sulfide) groups is 1. The van der Waals surface area contributed by atoms with Gasteiger partial charge in [0, 0.05) is 23.9 Å². The second-order valence-electron chi connectivity index (χ2n) is 4.54. The molecule has 0 aromatic heterocycles. The number of benzene rings is 1. The molecule has 1 amide bonds. The maximum absolute atomic E-state index is 11.5. The predicted molar refractivity (Wildman–Crippen MR) is 74.6 cm³/mol. The largest absolute Gasteiger partial charge is 0.355 e. The van der Waals surface area contributed by atoms with E-state index in [-0.39, 0.29) is 11.6 Å². The molecule has 102 valence electrons. The molecule has 0 unspecified atom stereocenters. The molecule has 0 spiro atoms. The SMILES string of the molecule is CNC(=O)c1ccc(SC2CCCC2)c([N+](=O)[O-])c1. The van der Waals surface area contributed by atoms with Crippen molar-refractivity contribution in [2.75, 3.05) is 7.05 Å². The Hall–Kier alpha value is -1.56. The summed E-state index contributed by atoms with van der Waals surface area (Å²) in [6.45, 7) is 0. The van der Waals surface area contributed by atoms with E-state index in [0.29, 0.717) is 15.7 Å². The van der Waals surface area contributed by atoms with Gasteiger partial charge in [0.05, 0.1) is 9.82 Å². The van der Waals surface area contributed by atoms with Gasteiger partial charge in [-0.15, -0.1) is 11.8 Å². The lowest BCUT2D eigenvalue weighted by molar-refractivity contribution is -0.387. The van der Waals surface area contributed by atoms with Crippen molar-refractivity contribution in [1.82, 2.24) is 5.32 Å². The number of nitro groups is 1. The van der Waals surface area contributed by atoms with Crippen LogP contribution in [0, 0.1) is 10.1 Å². The molecule has 1 aromatic rings. The third-order valence-corrected chi connectivity index (χ3v) is 4.64. The average Bonchev–Trinajstić information content (AvgIpc) is 2.91. The summed E-state index contributed by atoms with van der Waals surface area (Å²) in [7, 11) is 1.51. The number of carbonyl (C=O) groups excluding carboxylic acids is 1. The van der Waals surface area contributed by atoms with Gasteiger partial charge in [0.2, 0.25) is 0 Å². The van der Waals surface area contributed by atoms with Crippen molar-refractivity contribution in [2.24, 2.45) is 0 Å². The molecular formula is C13H16N2O3S. The molecular weight excluding hydrogens is 264 g/mol. The van der Waals surface area contributed by atoms with Gasteiger partial charge >= 0.3 is 0 Å². The van der Waals surface area contributed by atoms with Gasteiger partial charge in [-0.25, -0.2) is 0 Å². The van der Waals surface area contributed by atoms with Crippen LogP contribution in [0.3, 0.4) is 0 Å². The molecule has 0 aliphatic heterocycles. The minimum atomic E-state index is -0.413. The fourth-order valence-corrected chi connectivity index (χ4v) is 3.56. The summed E-state index contributed by atoms with van der Waals surface area (Å²) in [5, 5.41) is 14.1. The molecule has 1 fully saturated rings. The number of amides is 1. The molecule has 1 saturated carbocycles. The van der Waals surface area contributed by atoms with Gasteiger partial charge in [0.15, 0.2) is 0 Å². The van der Waals surface area contributed by atoms with Crippen LogP contribution in [0.25, 0.3) is 0 Å². The zero-order valence-electron chi connectivity index (χ0n) is 10.7. The molecule has 6 heteroatoms. The normalized spacial score (nSPS) is 15.4. The van der Waals surface area contributed by atoms with Gasteiger partial charge < -0.3 is 5.32 Å². The van der Waals surface area contributed by atoms with Crippen LogP contribution in [-0.4, -0.2) is 23.1 Å². The smallest absolute Gasteiger partial charge is 0.283 e. The highest BCUT2D eigenvalue weighted by molar-refractivity contribution is 8.00. The molecule has 1 aliphatic rings. The summed E-state index contributed by atoms with van der Waals surface area (Å²) in [6, 6.07) is 4.69. The summed E-state index contributed by atoms with van der Waals surface area (Å²) < 4.78 is 0. The molecule has 1 aliphatic carbocycles. The van der Waals surface area contributed by atoms with Crippen molar-refractivity contribution < 1.29 is 9.72 Å². The summed E-state index contributed by atoms with van der Waals surface area (Å²) in [4.78, 5) is 22.9. The van der Waals surface area contributed by atoms with Crippen LogP contribution in [-0.2, 0) is 0 Å². The van der Waals surface area contributed by atoms with Crippen LogP contribution in [0.2, 0.25) is 0 Å². The lowest BCUT2D eigenvalue weighted by atomic mass is 10.2. The molecule has 1 N–H and O–H groups in total. The van der Waals surface area contributed by atoms with E-state index in [2.05, 4.69) is 5.32 Å². The third kappa shape index (κ3) is 3.26. The fourth-order valence-electron chi connectivity index (χ4n) is 2.23. The van der Waals surface area contributed by atoms with E-state index in [9.17, 15) is 14.9 Å². The van der Waals surface area contributed by atoms with E-state index < -0.39 is 4.92 Å². The van der Waals surface area contributed by atoms with Crippen LogP contribution >= 0.6 is 11.8 Å². The number of carbonyl (C=O) groups is 1. The van der Waals surface area contributed by atoms with Crippen molar-refractivity contribution in [1.29, 1.82) is 0 Å². The van der Waals surface area contributed by atoms with Crippen LogP contribution in [0.15, 0.2) is 23.1 Å². The summed E-state index contributed by atoms with van der Waals surface area (Å²) in [5.41, 5.74) is 0.350. The van der Waals surface area contributed by atoms with Gasteiger partial charge in [0.1, 0.15) is 0 Å². The van der Waals surface area contributed by atoms with Crippen LogP contribution in [0.5, 0.6) is 0 Å². The molecule has 1 aromatic carbocycles. The van der Waals surface area contributed by atoms with Gasteiger partial charge in [-0.3, -0.25) is 14.9 Å². The van der Waals surface area contributed by atoms with E-state index in [0.717, 1.165) is 12.8 Å². The highest BCUT2D eigenvalue weighted by Gasteiger charge is 2.22. The number of nitro benzene ring substituents is 1. The molecule has 0 heterocycles. The van der Waals surface area contributed by atoms with E-state index in [1.807, 2.05) is 0 Å². The Labute approximate surface area is 115 Å². The molecule has 0 saturated heterocycles. The van der Waals surface area contributed by atoms with Gasteiger partial charge in [-0.2, -0.15) is 0 Å². The Morgan fingerprint density at radius 1 is 1.42 bits per heavy atom. The van der Waals surface area contributed by atoms with Crippen molar-refractivity contribution >= 4 is 23.4 Å². The topological polar surface area (TPSA) is 72.2 Å². The Morgan fingerprint density at radius 3 is 2.68 bits per heavy atom. The minimum Gasteiger partial charge on any atom is -0.355 e. The van der Waals surface area contributed by atoms with Gasteiger partial charge in [-0.1, -0.05) is 12.8 Å². The molecule has 19 heavy (non-hydrogen) atoms. The van der Waals surface area contributed by atoms with Crippen molar-refractivity contribution in [3.05, 3.63) is 33.9 Å². The lowest BCUT2D eigenvalue weighted by Crippen LogP contribution is -2.17. The standard InChI is InChI=1S/C13H16N2O3S/c1-14-13(16)9-6-7-12(11(8-9)15(17)18)19-10-4-2-3-5-10/h6-8,10H,2-5H2,1H3,(H,14,16). The highest BCUT2D eigenvalue weighted by Crippen LogP contribution is 2.39. The van der Waals surface area contributed by atoms with E-state index in [1.54, 1.807) is 23.9 Å². The van der Waals surface area contributed by atoms with Crippen LogP contribution in [0.4, 0.5) is 5.69 Å². The second kappa shape index (κ2) is 6.06. The monoisotopic (exact) mass is 280 g/mol. The summed E-state index contributed by atoms with van der Waals surface area (Å²) >= 11 is 1.56. The van der Waals surface area contributed by atoms with Crippen LogP contribution in [0.1, 0.15) is 36.0 Å². The lowest BCUT2D eigenvalue weighted by Gasteiger charge is -2.09. The maximum atomic E-state index is 11.5. The van der Waals surface area contributed by atoms with Gasteiger partial charge in [0.25, 0.3) is 11.6 Å². The number of nitrogens with zero attached hydrogens (tertiary/aromatic N) is 1. The van der Waals surface area contributed by atoms with Crippen molar-refractivity contribution in [3.8, 4) is 0 Å². The van der Waals surface area contributed by atoms with Gasteiger partial charge in [-0.05, 0) is 25.0 Å². The highest BCUT2D eigenvalue weighted by atomic mass is 32.2. The average molecular weight is 280 g/mol. The number of hydrogen-bond acceptors (Lipinski definition) is 4. The predicted octanol–water partition coefficient (Wildman–Crippen LogP) is 2.99. The van der Waals surface area contributed by atoms with E-state index in [1.165, 1.54) is 26.0 Å². The van der Waals surface area contributed by atoms with Crippen LogP contribution < -0.4 is 5.32 Å².